The summed E-state index contributed by atoms with van der Waals surface area (Å²) in [5.41, 5.74) is 7.67. The van der Waals surface area contributed by atoms with Crippen molar-refractivity contribution < 1.29 is 4.39 Å². The number of rotatable bonds is 4. The van der Waals surface area contributed by atoms with Crippen LogP contribution in [0.1, 0.15) is 18.4 Å². The van der Waals surface area contributed by atoms with E-state index < -0.39 is 0 Å². The average Bonchev–Trinajstić information content (AvgIpc) is 3.27. The minimum Gasteiger partial charge on any atom is -0.370 e. The van der Waals surface area contributed by atoms with Crippen LogP contribution < -0.4 is 11.1 Å². The third-order valence-electron chi connectivity index (χ3n) is 3.95. The molecule has 0 spiro atoms. The summed E-state index contributed by atoms with van der Waals surface area (Å²) in [4.78, 5) is 4.42. The number of nitrogens with two attached hydrogens (primary N) is 1. The molecule has 5 heteroatoms. The van der Waals surface area contributed by atoms with Crippen molar-refractivity contribution in [2.75, 3.05) is 11.9 Å². The van der Waals surface area contributed by atoms with Crippen LogP contribution in [0.2, 0.25) is 5.02 Å². The van der Waals surface area contributed by atoms with Crippen molar-refractivity contribution in [3.8, 4) is 0 Å². The van der Waals surface area contributed by atoms with E-state index in [4.69, 9.17) is 17.3 Å². The van der Waals surface area contributed by atoms with Crippen LogP contribution in [0.5, 0.6) is 0 Å². The van der Waals surface area contributed by atoms with Gasteiger partial charge in [-0.3, -0.25) is 4.99 Å². The van der Waals surface area contributed by atoms with E-state index in [9.17, 15) is 4.39 Å². The molecule has 22 heavy (non-hydrogen) atoms. The molecule has 3 rings (SSSR count). The predicted octanol–water partition coefficient (Wildman–Crippen LogP) is 3.94. The average molecular weight is 318 g/mol. The molecular weight excluding hydrogens is 301 g/mol. The van der Waals surface area contributed by atoms with E-state index in [0.717, 1.165) is 24.1 Å². The monoisotopic (exact) mass is 317 g/mol. The lowest BCUT2D eigenvalue weighted by Crippen LogP contribution is -2.25. The molecule has 2 aromatic carbocycles. The van der Waals surface area contributed by atoms with E-state index in [0.29, 0.717) is 17.5 Å². The molecule has 0 atom stereocenters. The number of benzene rings is 2. The molecule has 0 aromatic heterocycles. The molecule has 0 amide bonds. The molecule has 1 saturated carbocycles. The van der Waals surface area contributed by atoms with Gasteiger partial charge in [-0.2, -0.15) is 0 Å². The number of anilines is 1. The molecule has 0 radical (unpaired) electrons. The smallest absolute Gasteiger partial charge is 0.193 e. The van der Waals surface area contributed by atoms with Gasteiger partial charge in [0.1, 0.15) is 5.82 Å². The summed E-state index contributed by atoms with van der Waals surface area (Å²) in [5.74, 6) is 0.0500. The van der Waals surface area contributed by atoms with Gasteiger partial charge >= 0.3 is 0 Å². The lowest BCUT2D eigenvalue weighted by molar-refractivity contribution is 0.623. The maximum Gasteiger partial charge on any atom is 0.193 e. The first-order valence-electron chi connectivity index (χ1n) is 7.17. The lowest BCUT2D eigenvalue weighted by atomic mass is 9.96. The van der Waals surface area contributed by atoms with Crippen molar-refractivity contribution in [2.24, 2.45) is 10.7 Å². The molecule has 0 bridgehead atoms. The Balaban J connectivity index is 1.71. The normalized spacial score (nSPS) is 16.4. The van der Waals surface area contributed by atoms with Gasteiger partial charge in [-0.1, -0.05) is 35.9 Å². The number of hydrogen-bond donors (Lipinski definition) is 2. The molecule has 114 valence electrons. The van der Waals surface area contributed by atoms with Gasteiger partial charge in [-0.05, 0) is 42.7 Å². The molecule has 0 heterocycles. The highest BCUT2D eigenvalue weighted by atomic mass is 35.5. The van der Waals surface area contributed by atoms with E-state index in [1.54, 1.807) is 6.07 Å². The topological polar surface area (TPSA) is 50.4 Å². The van der Waals surface area contributed by atoms with E-state index in [2.05, 4.69) is 10.3 Å². The lowest BCUT2D eigenvalue weighted by Gasteiger charge is -2.15. The largest absolute Gasteiger partial charge is 0.370 e. The highest BCUT2D eigenvalue weighted by Crippen LogP contribution is 2.50. The Hall–Kier alpha value is -2.07. The van der Waals surface area contributed by atoms with E-state index in [1.807, 2.05) is 30.3 Å². The minimum atomic E-state index is -0.321. The number of aliphatic imine (C=N–C) groups is 1. The Morgan fingerprint density at radius 1 is 1.23 bits per heavy atom. The first-order chi connectivity index (χ1) is 10.6. The summed E-state index contributed by atoms with van der Waals surface area (Å²) in [7, 11) is 0. The molecule has 3 nitrogen and oxygen atoms in total. The van der Waals surface area contributed by atoms with Crippen LogP contribution in [0, 0.1) is 5.82 Å². The molecule has 1 aliphatic carbocycles. The summed E-state index contributed by atoms with van der Waals surface area (Å²) in [5, 5.41) is 3.51. The van der Waals surface area contributed by atoms with E-state index in [1.165, 1.54) is 12.1 Å². The van der Waals surface area contributed by atoms with E-state index >= 15 is 0 Å². The molecule has 1 aliphatic rings. The van der Waals surface area contributed by atoms with Crippen LogP contribution in [0.15, 0.2) is 53.5 Å². The number of nitrogens with one attached hydrogen (secondary N) is 1. The van der Waals surface area contributed by atoms with Gasteiger partial charge in [0.05, 0.1) is 6.54 Å². The van der Waals surface area contributed by atoms with Crippen LogP contribution in [-0.2, 0) is 5.41 Å². The maximum atomic E-state index is 13.2. The number of halogens is 2. The number of guanidine groups is 1. The third-order valence-corrected chi connectivity index (χ3v) is 4.27. The zero-order valence-corrected chi connectivity index (χ0v) is 12.8. The van der Waals surface area contributed by atoms with Crippen LogP contribution >= 0.6 is 11.6 Å². The first-order valence-corrected chi connectivity index (χ1v) is 7.54. The molecule has 3 N–H and O–H groups in total. The summed E-state index contributed by atoms with van der Waals surface area (Å²) >= 11 is 6.16. The van der Waals surface area contributed by atoms with Crippen molar-refractivity contribution in [2.45, 2.75) is 18.3 Å². The highest BCUT2D eigenvalue weighted by Gasteiger charge is 2.45. The molecule has 0 unspecified atom stereocenters. The second kappa shape index (κ2) is 5.97. The van der Waals surface area contributed by atoms with Crippen LogP contribution in [-0.4, -0.2) is 12.5 Å². The quantitative estimate of drug-likeness (QED) is 0.663. The molecular formula is C17H17ClFN3. The Morgan fingerprint density at radius 3 is 2.59 bits per heavy atom. The van der Waals surface area contributed by atoms with Gasteiger partial charge in [-0.15, -0.1) is 0 Å². The van der Waals surface area contributed by atoms with Crippen molar-refractivity contribution >= 4 is 23.2 Å². The van der Waals surface area contributed by atoms with Gasteiger partial charge in [-0.25, -0.2) is 4.39 Å². The van der Waals surface area contributed by atoms with Crippen molar-refractivity contribution in [3.05, 3.63) is 64.9 Å². The van der Waals surface area contributed by atoms with Gasteiger partial charge < -0.3 is 11.1 Å². The van der Waals surface area contributed by atoms with Crippen LogP contribution in [0.3, 0.4) is 0 Å². The fourth-order valence-electron chi connectivity index (χ4n) is 2.53. The fourth-order valence-corrected chi connectivity index (χ4v) is 2.90. The number of nitrogens with zero attached hydrogens (tertiary/aromatic N) is 1. The SMILES string of the molecule is NC(=NCC1(c2ccc(F)cc2Cl)CC1)Nc1ccccc1. The molecule has 0 aliphatic heterocycles. The Morgan fingerprint density at radius 2 is 1.95 bits per heavy atom. The third kappa shape index (κ3) is 3.22. The summed E-state index contributed by atoms with van der Waals surface area (Å²) < 4.78 is 13.2. The molecule has 0 saturated heterocycles. The van der Waals surface area contributed by atoms with Crippen molar-refractivity contribution in [3.63, 3.8) is 0 Å². The summed E-state index contributed by atoms with van der Waals surface area (Å²) in [6.07, 6.45) is 1.97. The van der Waals surface area contributed by atoms with Gasteiger partial charge in [0.2, 0.25) is 0 Å². The maximum absolute atomic E-state index is 13.2. The second-order valence-electron chi connectivity index (χ2n) is 5.60. The number of hydrogen-bond acceptors (Lipinski definition) is 1. The standard InChI is InChI=1S/C17H17ClFN3/c18-15-10-12(19)6-7-14(15)17(8-9-17)11-21-16(20)22-13-4-2-1-3-5-13/h1-7,10H,8-9,11H2,(H3,20,21,22). The van der Waals surface area contributed by atoms with Gasteiger partial charge in [0, 0.05) is 16.1 Å². The summed E-state index contributed by atoms with van der Waals surface area (Å²) in [6.45, 7) is 0.546. The fraction of sp³-hybridized carbons (Fsp3) is 0.235. The highest BCUT2D eigenvalue weighted by molar-refractivity contribution is 6.31. The Labute approximate surface area is 134 Å². The predicted molar refractivity (Wildman–Crippen MR) is 88.9 cm³/mol. The van der Waals surface area contributed by atoms with Crippen LogP contribution in [0.4, 0.5) is 10.1 Å². The van der Waals surface area contributed by atoms with E-state index in [-0.39, 0.29) is 11.2 Å². The number of para-hydroxylation sites is 1. The zero-order valence-electron chi connectivity index (χ0n) is 12.0. The van der Waals surface area contributed by atoms with Gasteiger partial charge in [0.15, 0.2) is 5.96 Å². The zero-order chi connectivity index (χ0) is 15.6. The van der Waals surface area contributed by atoms with Crippen molar-refractivity contribution in [1.29, 1.82) is 0 Å². The van der Waals surface area contributed by atoms with Crippen molar-refractivity contribution in [1.82, 2.24) is 0 Å². The minimum absolute atomic E-state index is 0.103. The summed E-state index contributed by atoms with van der Waals surface area (Å²) in [6, 6.07) is 14.2. The Bertz CT molecular complexity index is 696. The second-order valence-corrected chi connectivity index (χ2v) is 6.00. The van der Waals surface area contributed by atoms with Gasteiger partial charge in [0.25, 0.3) is 0 Å². The molecule has 2 aromatic rings. The Kier molecular flexibility index (Phi) is 4.03. The first kappa shape index (κ1) is 14.9. The molecule has 1 fully saturated rings. The van der Waals surface area contributed by atoms with Crippen LogP contribution in [0.25, 0.3) is 0 Å².